The van der Waals surface area contributed by atoms with Crippen molar-refractivity contribution >= 4 is 12.6 Å². The Labute approximate surface area is 113 Å². The summed E-state index contributed by atoms with van der Waals surface area (Å²) in [5.41, 5.74) is 0. The number of unbranched alkanes of at least 4 members (excludes halogenated alkanes) is 2. The number of thiol groups is 1. The van der Waals surface area contributed by atoms with Crippen LogP contribution >= 0.6 is 12.6 Å². The lowest BCUT2D eigenvalue weighted by atomic mass is 10.2. The Bertz CT molecular complexity index is 180. The van der Waals surface area contributed by atoms with Crippen LogP contribution in [0.3, 0.4) is 0 Å². The van der Waals surface area contributed by atoms with Crippen molar-refractivity contribution in [3.8, 4) is 0 Å². The van der Waals surface area contributed by atoms with Gasteiger partial charge in [-0.25, -0.2) is 0 Å². The van der Waals surface area contributed by atoms with Crippen LogP contribution in [0.25, 0.3) is 0 Å². The molecule has 0 bridgehead atoms. The minimum absolute atomic E-state index is 1.04. The molecule has 0 aliphatic carbocycles. The van der Waals surface area contributed by atoms with Crippen LogP contribution in [-0.2, 0) is 0 Å². The van der Waals surface area contributed by atoms with Crippen molar-refractivity contribution in [1.29, 1.82) is 0 Å². The highest BCUT2D eigenvalue weighted by atomic mass is 32.1. The van der Waals surface area contributed by atoms with E-state index in [1.807, 2.05) is 0 Å². The summed E-state index contributed by atoms with van der Waals surface area (Å²) in [6.45, 7) is 8.71. The highest BCUT2D eigenvalue weighted by Gasteiger charge is 2.15. The van der Waals surface area contributed by atoms with E-state index in [0.717, 1.165) is 5.75 Å². The molecule has 3 nitrogen and oxygen atoms in total. The minimum atomic E-state index is 1.04. The lowest BCUT2D eigenvalue weighted by Gasteiger charge is -2.35. The first kappa shape index (κ1) is 15.3. The Hall–Kier alpha value is 0.230. The second-order valence-corrected chi connectivity index (χ2v) is 5.72. The van der Waals surface area contributed by atoms with E-state index in [-0.39, 0.29) is 0 Å². The highest BCUT2D eigenvalue weighted by molar-refractivity contribution is 7.80. The molecule has 102 valence electrons. The van der Waals surface area contributed by atoms with E-state index < -0.39 is 0 Å². The zero-order valence-corrected chi connectivity index (χ0v) is 12.5. The van der Waals surface area contributed by atoms with Gasteiger partial charge in [-0.2, -0.15) is 12.6 Å². The first-order chi connectivity index (χ1) is 8.22. The van der Waals surface area contributed by atoms with Crippen LogP contribution in [0.4, 0.5) is 0 Å². The Morgan fingerprint density at radius 3 is 2.00 bits per heavy atom. The molecule has 1 fully saturated rings. The highest BCUT2D eigenvalue weighted by Crippen LogP contribution is 2.05. The maximum atomic E-state index is 4.25. The van der Waals surface area contributed by atoms with E-state index in [1.54, 1.807) is 0 Å². The van der Waals surface area contributed by atoms with Gasteiger partial charge in [-0.3, -0.25) is 4.90 Å². The molecule has 0 aromatic carbocycles. The van der Waals surface area contributed by atoms with Crippen molar-refractivity contribution in [1.82, 2.24) is 14.7 Å². The second kappa shape index (κ2) is 9.20. The van der Waals surface area contributed by atoms with Crippen molar-refractivity contribution in [2.45, 2.75) is 19.3 Å². The van der Waals surface area contributed by atoms with Gasteiger partial charge < -0.3 is 9.80 Å². The SMILES string of the molecule is CN(C)CCN1CCN(CCCCCS)CC1. The third-order valence-corrected chi connectivity index (χ3v) is 3.78. The van der Waals surface area contributed by atoms with Gasteiger partial charge in [0, 0.05) is 39.3 Å². The molecule has 0 N–H and O–H groups in total. The monoisotopic (exact) mass is 259 g/mol. The molecule has 0 amide bonds. The Morgan fingerprint density at radius 1 is 0.882 bits per heavy atom. The molecule has 0 radical (unpaired) electrons. The molecular weight excluding hydrogens is 230 g/mol. The summed E-state index contributed by atoms with van der Waals surface area (Å²) in [5, 5.41) is 0. The Balaban J connectivity index is 2.01. The smallest absolute Gasteiger partial charge is 0.0110 e. The van der Waals surface area contributed by atoms with Gasteiger partial charge in [-0.05, 0) is 39.2 Å². The van der Waals surface area contributed by atoms with Crippen molar-refractivity contribution in [2.24, 2.45) is 0 Å². The van der Waals surface area contributed by atoms with Gasteiger partial charge in [0.2, 0.25) is 0 Å². The average molecular weight is 259 g/mol. The summed E-state index contributed by atoms with van der Waals surface area (Å²) in [4.78, 5) is 7.47. The summed E-state index contributed by atoms with van der Waals surface area (Å²) < 4.78 is 0. The summed E-state index contributed by atoms with van der Waals surface area (Å²) in [5.74, 6) is 1.04. The summed E-state index contributed by atoms with van der Waals surface area (Å²) in [6.07, 6.45) is 3.95. The van der Waals surface area contributed by atoms with E-state index in [0.29, 0.717) is 0 Å². The van der Waals surface area contributed by atoms with E-state index >= 15 is 0 Å². The molecule has 1 rings (SSSR count). The van der Waals surface area contributed by atoms with Crippen LogP contribution in [0.15, 0.2) is 0 Å². The van der Waals surface area contributed by atoms with Crippen LogP contribution in [0.5, 0.6) is 0 Å². The zero-order chi connectivity index (χ0) is 12.5. The van der Waals surface area contributed by atoms with Crippen LogP contribution in [0.2, 0.25) is 0 Å². The molecule has 0 saturated carbocycles. The van der Waals surface area contributed by atoms with Gasteiger partial charge in [-0.1, -0.05) is 6.42 Å². The van der Waals surface area contributed by atoms with Gasteiger partial charge in [0.1, 0.15) is 0 Å². The first-order valence-electron chi connectivity index (χ1n) is 6.92. The lowest BCUT2D eigenvalue weighted by molar-refractivity contribution is 0.124. The molecule has 1 heterocycles. The molecule has 0 spiro atoms. The standard InChI is InChI=1S/C13H29N3S/c1-14(2)7-8-16-11-9-15(10-12-16)6-4-3-5-13-17/h17H,3-13H2,1-2H3. The van der Waals surface area contributed by atoms with Crippen molar-refractivity contribution in [3.05, 3.63) is 0 Å². The Kier molecular flexibility index (Phi) is 8.27. The van der Waals surface area contributed by atoms with Gasteiger partial charge >= 0.3 is 0 Å². The van der Waals surface area contributed by atoms with Crippen LogP contribution in [-0.4, -0.2) is 80.4 Å². The Morgan fingerprint density at radius 2 is 1.47 bits per heavy atom. The molecule has 4 heteroatoms. The average Bonchev–Trinajstić information content (AvgIpc) is 2.33. The number of hydrogen-bond donors (Lipinski definition) is 1. The number of nitrogens with zero attached hydrogens (tertiary/aromatic N) is 3. The van der Waals surface area contributed by atoms with Gasteiger partial charge in [0.05, 0.1) is 0 Å². The van der Waals surface area contributed by atoms with E-state index in [9.17, 15) is 0 Å². The predicted octanol–water partition coefficient (Wildman–Crippen LogP) is 1.27. The molecular formula is C13H29N3S. The molecule has 0 aromatic rings. The van der Waals surface area contributed by atoms with Gasteiger partial charge in [-0.15, -0.1) is 0 Å². The minimum Gasteiger partial charge on any atom is -0.308 e. The fraction of sp³-hybridized carbons (Fsp3) is 1.00. The predicted molar refractivity (Wildman–Crippen MR) is 79.1 cm³/mol. The third kappa shape index (κ3) is 7.29. The largest absolute Gasteiger partial charge is 0.308 e. The quantitative estimate of drug-likeness (QED) is 0.520. The molecule has 17 heavy (non-hydrogen) atoms. The number of likely N-dealkylation sites (N-methyl/N-ethyl adjacent to an activating group) is 1. The molecule has 0 unspecified atom stereocenters. The number of piperazine rings is 1. The third-order valence-electron chi connectivity index (χ3n) is 3.46. The van der Waals surface area contributed by atoms with Crippen molar-refractivity contribution < 1.29 is 0 Å². The van der Waals surface area contributed by atoms with Gasteiger partial charge in [0.25, 0.3) is 0 Å². The van der Waals surface area contributed by atoms with Crippen LogP contribution in [0, 0.1) is 0 Å². The first-order valence-corrected chi connectivity index (χ1v) is 7.56. The molecule has 1 aliphatic heterocycles. The van der Waals surface area contributed by atoms with Gasteiger partial charge in [0.15, 0.2) is 0 Å². The van der Waals surface area contributed by atoms with E-state index in [4.69, 9.17) is 0 Å². The summed E-state index contributed by atoms with van der Waals surface area (Å²) in [7, 11) is 4.30. The van der Waals surface area contributed by atoms with Crippen LogP contribution < -0.4 is 0 Å². The van der Waals surface area contributed by atoms with Crippen LogP contribution in [0.1, 0.15) is 19.3 Å². The van der Waals surface area contributed by atoms with Crippen molar-refractivity contribution in [2.75, 3.05) is 65.7 Å². The fourth-order valence-electron chi connectivity index (χ4n) is 2.20. The number of rotatable bonds is 8. The summed E-state index contributed by atoms with van der Waals surface area (Å²) >= 11 is 4.25. The molecule has 0 atom stereocenters. The lowest BCUT2D eigenvalue weighted by Crippen LogP contribution is -2.48. The second-order valence-electron chi connectivity index (χ2n) is 5.27. The topological polar surface area (TPSA) is 9.72 Å². The molecule has 0 aromatic heterocycles. The van der Waals surface area contributed by atoms with E-state index in [2.05, 4.69) is 41.4 Å². The fourth-order valence-corrected chi connectivity index (χ4v) is 2.43. The zero-order valence-electron chi connectivity index (χ0n) is 11.6. The molecule has 1 aliphatic rings. The van der Waals surface area contributed by atoms with E-state index in [1.165, 1.54) is 65.1 Å². The maximum Gasteiger partial charge on any atom is 0.0110 e. The molecule has 1 saturated heterocycles. The maximum absolute atomic E-state index is 4.25. The normalized spacial score (nSPS) is 19.1. The van der Waals surface area contributed by atoms with Crippen molar-refractivity contribution in [3.63, 3.8) is 0 Å². The summed E-state index contributed by atoms with van der Waals surface area (Å²) in [6, 6.07) is 0. The number of hydrogen-bond acceptors (Lipinski definition) is 4.